The van der Waals surface area contributed by atoms with E-state index in [1.54, 1.807) is 16.4 Å². The summed E-state index contributed by atoms with van der Waals surface area (Å²) in [5.41, 5.74) is 3.96. The average Bonchev–Trinajstić information content (AvgIpc) is 3.19. The first-order valence-electron chi connectivity index (χ1n) is 9.42. The second-order valence-corrected chi connectivity index (χ2v) is 9.94. The Morgan fingerprint density at radius 2 is 1.69 bits per heavy atom. The quantitative estimate of drug-likeness (QED) is 0.818. The molecule has 0 saturated carbocycles. The van der Waals surface area contributed by atoms with E-state index >= 15 is 0 Å². The van der Waals surface area contributed by atoms with E-state index in [0.29, 0.717) is 36.0 Å². The average molecular weight is 369 g/mol. The van der Waals surface area contributed by atoms with E-state index in [1.165, 1.54) is 11.1 Å². The lowest BCUT2D eigenvalue weighted by Gasteiger charge is -2.35. The minimum Gasteiger partial charge on any atom is -0.291 e. The van der Waals surface area contributed by atoms with Crippen LogP contribution in [0.4, 0.5) is 0 Å². The summed E-state index contributed by atoms with van der Waals surface area (Å²) >= 11 is 0. The summed E-state index contributed by atoms with van der Waals surface area (Å²) in [6.45, 7) is 4.22. The largest absolute Gasteiger partial charge is 0.291 e. The Hall–Kier alpha value is -1.69. The van der Waals surface area contributed by atoms with Crippen molar-refractivity contribution in [1.82, 2.24) is 9.21 Å². The molecule has 2 aromatic carbocycles. The predicted molar refractivity (Wildman–Crippen MR) is 101 cm³/mol. The van der Waals surface area contributed by atoms with Gasteiger partial charge in [0.25, 0.3) is 0 Å². The fourth-order valence-corrected chi connectivity index (χ4v) is 6.56. The number of hydrogen-bond donors (Lipinski definition) is 0. The summed E-state index contributed by atoms with van der Waals surface area (Å²) in [6.07, 6.45) is 2.22. The molecule has 5 heteroatoms. The van der Waals surface area contributed by atoms with Crippen LogP contribution in [0.15, 0.2) is 53.4 Å². The molecule has 0 amide bonds. The van der Waals surface area contributed by atoms with Gasteiger partial charge in [0.15, 0.2) is 0 Å². The van der Waals surface area contributed by atoms with E-state index < -0.39 is 10.0 Å². The number of benzene rings is 2. The van der Waals surface area contributed by atoms with E-state index in [1.807, 2.05) is 19.1 Å². The fourth-order valence-electron chi connectivity index (χ4n) is 5.04. The van der Waals surface area contributed by atoms with Gasteiger partial charge in [-0.3, -0.25) is 4.90 Å². The van der Waals surface area contributed by atoms with Crippen molar-refractivity contribution < 1.29 is 8.42 Å². The molecule has 1 unspecified atom stereocenters. The van der Waals surface area contributed by atoms with Gasteiger partial charge in [-0.15, -0.1) is 0 Å². The minimum absolute atomic E-state index is 0.355. The Kier molecular flexibility index (Phi) is 3.75. The first-order valence-corrected chi connectivity index (χ1v) is 10.9. The van der Waals surface area contributed by atoms with Crippen molar-refractivity contribution in [2.24, 2.45) is 5.92 Å². The van der Waals surface area contributed by atoms with Crippen LogP contribution in [0.3, 0.4) is 0 Å². The highest BCUT2D eigenvalue weighted by atomic mass is 32.2. The predicted octanol–water partition coefficient (Wildman–Crippen LogP) is 2.81. The molecule has 2 fully saturated rings. The second-order valence-electron chi connectivity index (χ2n) is 8.00. The van der Waals surface area contributed by atoms with Crippen LogP contribution >= 0.6 is 0 Å². The van der Waals surface area contributed by atoms with Crippen LogP contribution < -0.4 is 0 Å². The zero-order valence-electron chi connectivity index (χ0n) is 15.0. The van der Waals surface area contributed by atoms with Crippen molar-refractivity contribution >= 4 is 10.0 Å². The maximum absolute atomic E-state index is 13.0. The first kappa shape index (κ1) is 16.5. The molecule has 0 radical (unpaired) electrons. The normalized spacial score (nSPS) is 28.6. The van der Waals surface area contributed by atoms with Crippen molar-refractivity contribution in [3.8, 4) is 0 Å². The van der Waals surface area contributed by atoms with Crippen LogP contribution in [0, 0.1) is 12.8 Å². The molecule has 3 heterocycles. The first-order chi connectivity index (χ1) is 12.5. The van der Waals surface area contributed by atoms with E-state index in [0.717, 1.165) is 24.9 Å². The van der Waals surface area contributed by atoms with E-state index in [-0.39, 0.29) is 0 Å². The third kappa shape index (κ3) is 2.53. The standard InChI is InChI=1S/C21H24N2O2S/c1-15-6-8-20(9-7-15)26(24,25)22-12-18-11-19-10-16-4-2-3-5-17(16)13-23(19)21(18)14-22/h2-9,18-19,21H,10-14H2,1H3/t18-,19?,21+/m0/s1. The number of sulfonamides is 1. The summed E-state index contributed by atoms with van der Waals surface area (Å²) < 4.78 is 27.8. The molecule has 3 aliphatic heterocycles. The smallest absolute Gasteiger partial charge is 0.243 e. The summed E-state index contributed by atoms with van der Waals surface area (Å²) in [7, 11) is -3.39. The minimum atomic E-state index is -3.39. The number of nitrogens with zero attached hydrogens (tertiary/aromatic N) is 2. The third-order valence-corrected chi connectivity index (χ3v) is 8.27. The fraction of sp³-hybridized carbons (Fsp3) is 0.429. The van der Waals surface area contributed by atoms with E-state index in [9.17, 15) is 8.42 Å². The Morgan fingerprint density at radius 3 is 2.46 bits per heavy atom. The van der Waals surface area contributed by atoms with Crippen LogP contribution in [0.2, 0.25) is 0 Å². The van der Waals surface area contributed by atoms with E-state index in [2.05, 4.69) is 29.2 Å². The van der Waals surface area contributed by atoms with Gasteiger partial charge in [-0.05, 0) is 48.9 Å². The van der Waals surface area contributed by atoms with Crippen molar-refractivity contribution in [3.63, 3.8) is 0 Å². The van der Waals surface area contributed by atoms with Gasteiger partial charge in [-0.2, -0.15) is 4.31 Å². The third-order valence-electron chi connectivity index (χ3n) is 6.43. The zero-order chi connectivity index (χ0) is 17.9. The Morgan fingerprint density at radius 1 is 0.962 bits per heavy atom. The molecule has 3 aliphatic rings. The maximum atomic E-state index is 13.0. The van der Waals surface area contributed by atoms with Crippen molar-refractivity contribution in [3.05, 3.63) is 65.2 Å². The molecule has 0 aromatic heterocycles. The summed E-state index contributed by atoms with van der Waals surface area (Å²) in [5.74, 6) is 0.453. The molecular formula is C21H24N2O2S. The molecule has 4 nitrogen and oxygen atoms in total. The van der Waals surface area contributed by atoms with Crippen molar-refractivity contribution in [1.29, 1.82) is 0 Å². The highest BCUT2D eigenvalue weighted by molar-refractivity contribution is 7.89. The van der Waals surface area contributed by atoms with Crippen LogP contribution in [0.1, 0.15) is 23.1 Å². The summed E-state index contributed by atoms with van der Waals surface area (Å²) in [6, 6.07) is 16.8. The van der Waals surface area contributed by atoms with Crippen molar-refractivity contribution in [2.45, 2.75) is 43.3 Å². The SMILES string of the molecule is Cc1ccc(S(=O)(=O)N2C[C@@H]3CC4Cc5ccccc5CN4[C@@H]3C2)cc1. The Bertz CT molecular complexity index is 939. The number of hydrogen-bond acceptors (Lipinski definition) is 3. The molecule has 0 spiro atoms. The molecule has 2 saturated heterocycles. The molecule has 0 bridgehead atoms. The van der Waals surface area contributed by atoms with Gasteiger partial charge in [0.05, 0.1) is 4.90 Å². The molecule has 3 atom stereocenters. The lowest BCUT2D eigenvalue weighted by atomic mass is 9.93. The monoisotopic (exact) mass is 368 g/mol. The topological polar surface area (TPSA) is 40.6 Å². The zero-order valence-corrected chi connectivity index (χ0v) is 15.8. The number of rotatable bonds is 2. The van der Waals surface area contributed by atoms with Crippen LogP contribution in [-0.4, -0.2) is 42.8 Å². The Balaban J connectivity index is 1.38. The molecule has 2 aromatic rings. The number of aryl methyl sites for hydroxylation is 1. The maximum Gasteiger partial charge on any atom is 0.243 e. The van der Waals surface area contributed by atoms with Gasteiger partial charge >= 0.3 is 0 Å². The van der Waals surface area contributed by atoms with Gasteiger partial charge in [0.2, 0.25) is 10.0 Å². The van der Waals surface area contributed by atoms with Gasteiger partial charge in [-0.25, -0.2) is 8.42 Å². The number of fused-ring (bicyclic) bond motifs is 4. The lowest BCUT2D eigenvalue weighted by molar-refractivity contribution is 0.165. The van der Waals surface area contributed by atoms with Crippen LogP contribution in [0.5, 0.6) is 0 Å². The lowest BCUT2D eigenvalue weighted by Crippen LogP contribution is -2.43. The highest BCUT2D eigenvalue weighted by Gasteiger charge is 2.50. The summed E-state index contributed by atoms with van der Waals surface area (Å²) in [4.78, 5) is 2.99. The Labute approximate surface area is 155 Å². The second kappa shape index (κ2) is 5.91. The van der Waals surface area contributed by atoms with Crippen molar-refractivity contribution in [2.75, 3.05) is 13.1 Å². The summed E-state index contributed by atoms with van der Waals surface area (Å²) in [5, 5.41) is 0. The van der Waals surface area contributed by atoms with Crippen LogP contribution in [-0.2, 0) is 23.0 Å². The molecule has 5 rings (SSSR count). The molecule has 136 valence electrons. The molecule has 26 heavy (non-hydrogen) atoms. The van der Waals surface area contributed by atoms with Gasteiger partial charge < -0.3 is 0 Å². The van der Waals surface area contributed by atoms with E-state index in [4.69, 9.17) is 0 Å². The van der Waals surface area contributed by atoms with Gasteiger partial charge in [0.1, 0.15) is 0 Å². The highest BCUT2D eigenvalue weighted by Crippen LogP contribution is 2.42. The molecule has 0 N–H and O–H groups in total. The molecular weight excluding hydrogens is 344 g/mol. The molecule has 0 aliphatic carbocycles. The van der Waals surface area contributed by atoms with Crippen LogP contribution in [0.25, 0.3) is 0 Å². The van der Waals surface area contributed by atoms with Gasteiger partial charge in [0, 0.05) is 31.7 Å². The van der Waals surface area contributed by atoms with Gasteiger partial charge in [-0.1, -0.05) is 42.0 Å².